The molecule has 0 fully saturated rings. The first-order valence-corrected chi connectivity index (χ1v) is 19.7. The van der Waals surface area contributed by atoms with Crippen molar-refractivity contribution < 1.29 is 24.5 Å². The van der Waals surface area contributed by atoms with E-state index < -0.39 is 8.07 Å². The van der Waals surface area contributed by atoms with Crippen molar-refractivity contribution in [1.29, 1.82) is 0 Å². The fourth-order valence-electron chi connectivity index (χ4n) is 6.74. The summed E-state index contributed by atoms with van der Waals surface area (Å²) in [5, 5.41) is 3.73. The van der Waals surface area contributed by atoms with Gasteiger partial charge in [-0.05, 0) is 72.4 Å². The zero-order chi connectivity index (χ0) is 31.7. The molecular weight excluding hydrogens is 769 g/mol. The van der Waals surface area contributed by atoms with Crippen molar-refractivity contribution in [3.05, 3.63) is 138 Å². The molecule has 1 aliphatic rings. The number of fused-ring (bicyclic) bond motifs is 4. The van der Waals surface area contributed by atoms with Gasteiger partial charge in [-0.3, -0.25) is 0 Å². The topological polar surface area (TPSA) is 38.9 Å². The van der Waals surface area contributed by atoms with Gasteiger partial charge in [0.05, 0.1) is 13.7 Å². The molecule has 0 unspecified atom stereocenters. The van der Waals surface area contributed by atoms with Crippen molar-refractivity contribution in [1.82, 2.24) is 9.97 Å². The third-order valence-electron chi connectivity index (χ3n) is 8.96. The molecule has 0 aliphatic heterocycles. The zero-order valence-corrected chi connectivity index (χ0v) is 30.8. The summed E-state index contributed by atoms with van der Waals surface area (Å²) < 4.78 is 6.42. The standard InChI is InChI=1S/C27H20NO.C15H18NSi.Ir/c1-2-8-18(9-3-1)20-12-7-15-24-25(20)22-13-6-14-23(27(22)29-24)26-21-11-5-4-10-19(21)16-17-28-26;1-12-10-14(13-8-6-5-7-9-13)16-11-15(12)17(2,3)4;/h1-3,6-9,12-13,15-17H,4-5,10-11H2;5-8,10-11H,1-4H3;/q2*-1;. The number of hydrogen-bond donors (Lipinski definition) is 0. The molecule has 0 spiro atoms. The quantitative estimate of drug-likeness (QED) is 0.131. The largest absolute Gasteiger partial charge is 0.501 e. The number of pyridine rings is 2. The molecular formula is C42H38IrN2OSi-2. The Bertz CT molecular complexity index is 2150. The van der Waals surface area contributed by atoms with Crippen molar-refractivity contribution in [2.75, 3.05) is 0 Å². The van der Waals surface area contributed by atoms with Gasteiger partial charge >= 0.3 is 0 Å². The number of aryl methyl sites for hydroxylation is 2. The minimum atomic E-state index is -1.27. The monoisotopic (exact) mass is 807 g/mol. The summed E-state index contributed by atoms with van der Waals surface area (Å²) in [5.41, 5.74) is 12.4. The number of benzene rings is 4. The maximum absolute atomic E-state index is 6.42. The average molecular weight is 807 g/mol. The number of furan rings is 1. The first-order chi connectivity index (χ1) is 22.4. The molecule has 0 saturated carbocycles. The molecule has 0 N–H and O–H groups in total. The second-order valence-electron chi connectivity index (χ2n) is 13.2. The van der Waals surface area contributed by atoms with Crippen LogP contribution in [0.15, 0.2) is 114 Å². The molecule has 1 radical (unpaired) electrons. The summed E-state index contributed by atoms with van der Waals surface area (Å²) in [6.07, 6.45) is 8.69. The molecule has 1 aliphatic carbocycles. The van der Waals surface area contributed by atoms with Gasteiger partial charge in [0.1, 0.15) is 5.58 Å². The van der Waals surface area contributed by atoms with Crippen molar-refractivity contribution in [2.24, 2.45) is 0 Å². The molecule has 8 rings (SSSR count). The summed E-state index contributed by atoms with van der Waals surface area (Å²) >= 11 is 0. The average Bonchev–Trinajstić information content (AvgIpc) is 3.48. The van der Waals surface area contributed by atoms with E-state index in [-0.39, 0.29) is 20.1 Å². The number of hydrogen-bond acceptors (Lipinski definition) is 3. The second kappa shape index (κ2) is 13.9. The van der Waals surface area contributed by atoms with Crippen LogP contribution in [0.25, 0.3) is 55.6 Å². The summed E-state index contributed by atoms with van der Waals surface area (Å²) in [7, 11) is -1.27. The molecule has 0 amide bonds. The summed E-state index contributed by atoms with van der Waals surface area (Å²) in [6.45, 7) is 9.24. The van der Waals surface area contributed by atoms with E-state index in [1.165, 1.54) is 45.8 Å². The molecule has 3 heterocycles. The third-order valence-corrected chi connectivity index (χ3v) is 11.1. The summed E-state index contributed by atoms with van der Waals surface area (Å²) in [4.78, 5) is 9.35. The van der Waals surface area contributed by atoms with Crippen LogP contribution in [0.2, 0.25) is 19.6 Å². The third kappa shape index (κ3) is 6.66. The normalized spacial score (nSPS) is 12.6. The van der Waals surface area contributed by atoms with Gasteiger partial charge < -0.3 is 14.4 Å². The summed E-state index contributed by atoms with van der Waals surface area (Å²) in [5.74, 6) is 0. The first-order valence-electron chi connectivity index (χ1n) is 16.2. The van der Waals surface area contributed by atoms with Gasteiger partial charge in [0.25, 0.3) is 0 Å². The van der Waals surface area contributed by atoms with Gasteiger partial charge in [0.15, 0.2) is 0 Å². The van der Waals surface area contributed by atoms with Gasteiger partial charge in [-0.15, -0.1) is 54.1 Å². The Morgan fingerprint density at radius 3 is 2.36 bits per heavy atom. The van der Waals surface area contributed by atoms with Crippen molar-refractivity contribution >= 4 is 35.2 Å². The van der Waals surface area contributed by atoms with Crippen LogP contribution >= 0.6 is 0 Å². The van der Waals surface area contributed by atoms with Crippen LogP contribution in [0.1, 0.15) is 29.5 Å². The van der Waals surface area contributed by atoms with Gasteiger partial charge in [-0.2, -0.15) is 0 Å². The molecule has 237 valence electrons. The first kappa shape index (κ1) is 32.8. The van der Waals surface area contributed by atoms with E-state index in [0.29, 0.717) is 0 Å². The van der Waals surface area contributed by atoms with E-state index >= 15 is 0 Å². The molecule has 7 aromatic rings. The van der Waals surface area contributed by atoms with Crippen LogP contribution in [0, 0.1) is 19.1 Å². The molecule has 4 aromatic carbocycles. The Morgan fingerprint density at radius 2 is 1.60 bits per heavy atom. The van der Waals surface area contributed by atoms with Crippen LogP contribution < -0.4 is 5.19 Å². The van der Waals surface area contributed by atoms with Crippen LogP contribution in [-0.2, 0) is 32.9 Å². The number of rotatable bonds is 4. The molecule has 3 nitrogen and oxygen atoms in total. The van der Waals surface area contributed by atoms with E-state index in [2.05, 4.69) is 117 Å². The Morgan fingerprint density at radius 1 is 0.787 bits per heavy atom. The fourth-order valence-corrected chi connectivity index (χ4v) is 8.45. The Labute approximate surface area is 292 Å². The molecule has 47 heavy (non-hydrogen) atoms. The predicted octanol–water partition coefficient (Wildman–Crippen LogP) is 10.4. The smallest absolute Gasteiger partial charge is 0.121 e. The SMILES string of the molecule is Cc1cc(-c2[c-]cccc2)ncc1[Si](C)(C)C.[Ir].[c-]1ccc2c(oc3cccc(-c4ccccc4)c32)c1-c1nccc2c1CCCC2. The van der Waals surface area contributed by atoms with Gasteiger partial charge in [-0.1, -0.05) is 95.8 Å². The van der Waals surface area contributed by atoms with E-state index in [1.807, 2.05) is 36.5 Å². The number of aromatic nitrogens is 2. The molecule has 0 atom stereocenters. The van der Waals surface area contributed by atoms with Gasteiger partial charge in [-0.25, -0.2) is 0 Å². The van der Waals surface area contributed by atoms with E-state index in [1.54, 1.807) is 0 Å². The Kier molecular flexibility index (Phi) is 9.70. The fraction of sp³-hybridized carbons (Fsp3) is 0.190. The van der Waals surface area contributed by atoms with Crippen molar-refractivity contribution in [3.8, 4) is 33.6 Å². The molecule has 3 aromatic heterocycles. The second-order valence-corrected chi connectivity index (χ2v) is 18.2. The zero-order valence-electron chi connectivity index (χ0n) is 27.4. The van der Waals surface area contributed by atoms with Crippen molar-refractivity contribution in [3.63, 3.8) is 0 Å². The van der Waals surface area contributed by atoms with E-state index in [9.17, 15) is 0 Å². The summed E-state index contributed by atoms with van der Waals surface area (Å²) in [6, 6.07) is 39.9. The maximum Gasteiger partial charge on any atom is 0.121 e. The minimum Gasteiger partial charge on any atom is -0.501 e. The van der Waals surface area contributed by atoms with Gasteiger partial charge in [0.2, 0.25) is 0 Å². The Hall–Kier alpha value is -4.15. The van der Waals surface area contributed by atoms with Crippen LogP contribution in [-0.4, -0.2) is 18.0 Å². The molecule has 5 heteroatoms. The minimum absolute atomic E-state index is 0. The van der Waals surface area contributed by atoms with E-state index in [0.717, 1.165) is 57.3 Å². The van der Waals surface area contributed by atoms with E-state index in [4.69, 9.17) is 9.40 Å². The van der Waals surface area contributed by atoms with Crippen LogP contribution in [0.4, 0.5) is 0 Å². The van der Waals surface area contributed by atoms with Gasteiger partial charge in [0, 0.05) is 37.9 Å². The van der Waals surface area contributed by atoms with Crippen LogP contribution in [0.3, 0.4) is 0 Å². The molecule has 0 saturated heterocycles. The Balaban J connectivity index is 0.000000185. The predicted molar refractivity (Wildman–Crippen MR) is 194 cm³/mol. The van der Waals surface area contributed by atoms with Crippen molar-refractivity contribution in [2.45, 2.75) is 52.2 Å². The van der Waals surface area contributed by atoms with Crippen LogP contribution in [0.5, 0.6) is 0 Å². The molecule has 0 bridgehead atoms. The number of nitrogens with zero attached hydrogens (tertiary/aromatic N) is 2. The maximum atomic E-state index is 6.42.